The fourth-order valence-corrected chi connectivity index (χ4v) is 1.52. The summed E-state index contributed by atoms with van der Waals surface area (Å²) in [5.74, 6) is -1.02. The Morgan fingerprint density at radius 1 is 1.33 bits per heavy atom. The van der Waals surface area contributed by atoms with Gasteiger partial charge in [-0.1, -0.05) is 34.1 Å². The maximum absolute atomic E-state index is 11.6. The van der Waals surface area contributed by atoms with Gasteiger partial charge in [-0.15, -0.1) is 0 Å². The first-order valence-electron chi connectivity index (χ1n) is 4.59. The molecule has 3 nitrogen and oxygen atoms in total. The third-order valence-corrected chi connectivity index (χ3v) is 2.60. The van der Waals surface area contributed by atoms with Crippen molar-refractivity contribution in [1.29, 1.82) is 0 Å². The number of hydrogen-bond donors (Lipinski definition) is 1. The van der Waals surface area contributed by atoms with Gasteiger partial charge in [0, 0.05) is 5.69 Å². The van der Waals surface area contributed by atoms with E-state index in [9.17, 15) is 9.59 Å². The number of halogens is 1. The maximum atomic E-state index is 11.6. The van der Waals surface area contributed by atoms with Gasteiger partial charge in [-0.25, -0.2) is 0 Å². The van der Waals surface area contributed by atoms with Crippen LogP contribution in [-0.2, 0) is 9.59 Å². The molecule has 0 radical (unpaired) electrons. The molecule has 0 saturated carbocycles. The minimum absolute atomic E-state index is 0.122. The van der Waals surface area contributed by atoms with Gasteiger partial charge in [0.15, 0.2) is 5.78 Å². The van der Waals surface area contributed by atoms with Gasteiger partial charge >= 0.3 is 0 Å². The van der Waals surface area contributed by atoms with E-state index in [0.29, 0.717) is 5.69 Å². The molecular weight excluding hydrogens is 258 g/mol. The summed E-state index contributed by atoms with van der Waals surface area (Å²) in [6.07, 6.45) is 0. The SMILES string of the molecule is CC(C(=O)CBr)C(=O)Nc1ccccc1. The van der Waals surface area contributed by atoms with Gasteiger partial charge in [0.25, 0.3) is 0 Å². The topological polar surface area (TPSA) is 46.2 Å². The number of anilines is 1. The van der Waals surface area contributed by atoms with Gasteiger partial charge < -0.3 is 5.32 Å². The molecule has 4 heteroatoms. The summed E-state index contributed by atoms with van der Waals surface area (Å²) in [4.78, 5) is 22.8. The fourth-order valence-electron chi connectivity index (χ4n) is 1.03. The molecule has 0 aromatic heterocycles. The number of hydrogen-bond acceptors (Lipinski definition) is 2. The van der Waals surface area contributed by atoms with Crippen LogP contribution in [0.5, 0.6) is 0 Å². The van der Waals surface area contributed by atoms with E-state index < -0.39 is 5.92 Å². The second-order valence-corrected chi connectivity index (χ2v) is 3.74. The molecule has 1 N–H and O–H groups in total. The monoisotopic (exact) mass is 269 g/mol. The summed E-state index contributed by atoms with van der Waals surface area (Å²) >= 11 is 3.04. The standard InChI is InChI=1S/C11H12BrNO2/c1-8(10(14)7-12)11(15)13-9-5-3-2-4-6-9/h2-6,8H,7H2,1H3,(H,13,15). The second kappa shape index (κ2) is 5.66. The number of Topliss-reactive ketones (excluding diaryl/α,β-unsaturated/α-hetero) is 1. The minimum Gasteiger partial charge on any atom is -0.325 e. The molecule has 0 saturated heterocycles. The Balaban J connectivity index is 2.60. The number of alkyl halides is 1. The van der Waals surface area contributed by atoms with E-state index in [4.69, 9.17) is 0 Å². The molecule has 0 aliphatic heterocycles. The zero-order valence-corrected chi connectivity index (χ0v) is 9.95. The van der Waals surface area contributed by atoms with Crippen LogP contribution in [0, 0.1) is 5.92 Å². The molecule has 1 rings (SSSR count). The molecule has 0 bridgehead atoms. The predicted molar refractivity (Wildman–Crippen MR) is 63.0 cm³/mol. The van der Waals surface area contributed by atoms with Crippen molar-refractivity contribution in [2.24, 2.45) is 5.92 Å². The lowest BCUT2D eigenvalue weighted by atomic mass is 10.1. The Morgan fingerprint density at radius 2 is 1.93 bits per heavy atom. The Morgan fingerprint density at radius 3 is 2.47 bits per heavy atom. The number of rotatable bonds is 4. The average Bonchev–Trinajstić information content (AvgIpc) is 2.28. The molecule has 0 aliphatic carbocycles. The van der Waals surface area contributed by atoms with Crippen molar-refractivity contribution in [3.63, 3.8) is 0 Å². The summed E-state index contributed by atoms with van der Waals surface area (Å²) in [6, 6.07) is 9.08. The van der Waals surface area contributed by atoms with Crippen molar-refractivity contribution in [2.45, 2.75) is 6.92 Å². The molecule has 15 heavy (non-hydrogen) atoms. The van der Waals surface area contributed by atoms with E-state index in [0.717, 1.165) is 0 Å². The highest BCUT2D eigenvalue weighted by molar-refractivity contribution is 9.09. The number of carbonyl (C=O) groups is 2. The summed E-state index contributed by atoms with van der Waals surface area (Å²) in [5.41, 5.74) is 0.705. The highest BCUT2D eigenvalue weighted by Crippen LogP contribution is 2.08. The minimum atomic E-state index is -0.621. The number of para-hydroxylation sites is 1. The first kappa shape index (κ1) is 11.9. The van der Waals surface area contributed by atoms with Crippen molar-refractivity contribution in [3.05, 3.63) is 30.3 Å². The fraction of sp³-hybridized carbons (Fsp3) is 0.273. The lowest BCUT2D eigenvalue weighted by Gasteiger charge is -2.09. The summed E-state index contributed by atoms with van der Waals surface area (Å²) < 4.78 is 0. The van der Waals surface area contributed by atoms with Crippen LogP contribution in [0.25, 0.3) is 0 Å². The molecule has 0 spiro atoms. The number of benzene rings is 1. The van der Waals surface area contributed by atoms with Crippen molar-refractivity contribution >= 4 is 33.3 Å². The van der Waals surface area contributed by atoms with E-state index in [-0.39, 0.29) is 17.0 Å². The largest absolute Gasteiger partial charge is 0.325 e. The molecule has 0 heterocycles. The molecule has 1 aromatic rings. The van der Waals surface area contributed by atoms with Crippen LogP contribution < -0.4 is 5.32 Å². The van der Waals surface area contributed by atoms with Gasteiger partial charge in [-0.3, -0.25) is 9.59 Å². The summed E-state index contributed by atoms with van der Waals surface area (Å²) in [7, 11) is 0. The Kier molecular flexibility index (Phi) is 4.49. The molecule has 0 fully saturated rings. The third-order valence-electron chi connectivity index (χ3n) is 2.05. The Bertz CT molecular complexity index is 351. The average molecular weight is 270 g/mol. The normalized spacial score (nSPS) is 11.9. The van der Waals surface area contributed by atoms with Gasteiger partial charge in [0.05, 0.1) is 11.2 Å². The van der Waals surface area contributed by atoms with Gasteiger partial charge in [-0.2, -0.15) is 0 Å². The van der Waals surface area contributed by atoms with Crippen molar-refractivity contribution in [3.8, 4) is 0 Å². The van der Waals surface area contributed by atoms with Gasteiger partial charge in [0.2, 0.25) is 5.91 Å². The van der Waals surface area contributed by atoms with Crippen molar-refractivity contribution < 1.29 is 9.59 Å². The van der Waals surface area contributed by atoms with E-state index >= 15 is 0 Å². The van der Waals surface area contributed by atoms with Crippen LogP contribution in [0.3, 0.4) is 0 Å². The van der Waals surface area contributed by atoms with Crippen molar-refractivity contribution in [1.82, 2.24) is 0 Å². The number of nitrogens with one attached hydrogen (secondary N) is 1. The quantitative estimate of drug-likeness (QED) is 0.673. The first-order chi connectivity index (χ1) is 7.15. The summed E-state index contributed by atoms with van der Waals surface area (Å²) in [5, 5.41) is 2.88. The van der Waals surface area contributed by atoms with Crippen LogP contribution in [-0.4, -0.2) is 17.0 Å². The number of ketones is 1. The number of carbonyl (C=O) groups excluding carboxylic acids is 2. The lowest BCUT2D eigenvalue weighted by molar-refractivity contribution is -0.128. The van der Waals surface area contributed by atoms with Crippen molar-refractivity contribution in [2.75, 3.05) is 10.6 Å². The van der Waals surface area contributed by atoms with Crippen LogP contribution in [0.1, 0.15) is 6.92 Å². The summed E-state index contributed by atoms with van der Waals surface area (Å²) in [6.45, 7) is 1.60. The zero-order valence-electron chi connectivity index (χ0n) is 8.37. The highest BCUT2D eigenvalue weighted by Gasteiger charge is 2.19. The van der Waals surface area contributed by atoms with Crippen LogP contribution in [0.4, 0.5) is 5.69 Å². The Labute approximate surface area is 97.0 Å². The van der Waals surface area contributed by atoms with Gasteiger partial charge in [-0.05, 0) is 19.1 Å². The van der Waals surface area contributed by atoms with Crippen LogP contribution in [0.2, 0.25) is 0 Å². The molecule has 1 unspecified atom stereocenters. The number of amides is 1. The zero-order chi connectivity index (χ0) is 11.3. The second-order valence-electron chi connectivity index (χ2n) is 3.18. The highest BCUT2D eigenvalue weighted by atomic mass is 79.9. The third kappa shape index (κ3) is 3.47. The van der Waals surface area contributed by atoms with Gasteiger partial charge in [0.1, 0.15) is 0 Å². The van der Waals surface area contributed by atoms with Crippen LogP contribution >= 0.6 is 15.9 Å². The maximum Gasteiger partial charge on any atom is 0.234 e. The van der Waals surface area contributed by atoms with E-state index in [1.807, 2.05) is 18.2 Å². The van der Waals surface area contributed by atoms with E-state index in [1.165, 1.54) is 0 Å². The first-order valence-corrected chi connectivity index (χ1v) is 5.72. The molecule has 1 amide bonds. The van der Waals surface area contributed by atoms with E-state index in [2.05, 4.69) is 21.2 Å². The molecule has 80 valence electrons. The lowest BCUT2D eigenvalue weighted by Crippen LogP contribution is -2.27. The Hall–Kier alpha value is -1.16. The van der Waals surface area contributed by atoms with E-state index in [1.54, 1.807) is 19.1 Å². The molecule has 1 atom stereocenters. The van der Waals surface area contributed by atoms with Crippen LogP contribution in [0.15, 0.2) is 30.3 Å². The molecule has 1 aromatic carbocycles. The molecule has 0 aliphatic rings. The predicted octanol–water partition coefficient (Wildman–Crippen LogP) is 2.23. The molecular formula is C11H12BrNO2. The smallest absolute Gasteiger partial charge is 0.234 e.